The first-order valence-corrected chi connectivity index (χ1v) is 8.01. The van der Waals surface area contributed by atoms with Crippen LogP contribution < -0.4 is 10.1 Å². The van der Waals surface area contributed by atoms with Crippen molar-refractivity contribution in [2.24, 2.45) is 11.8 Å². The van der Waals surface area contributed by atoms with E-state index in [4.69, 9.17) is 4.74 Å². The molecule has 0 aromatic heterocycles. The highest BCUT2D eigenvalue weighted by Crippen LogP contribution is 2.34. The van der Waals surface area contributed by atoms with E-state index in [-0.39, 0.29) is 0 Å². The number of rotatable bonds is 6. The van der Waals surface area contributed by atoms with Crippen molar-refractivity contribution in [3.63, 3.8) is 0 Å². The molecule has 2 rings (SSSR count). The Morgan fingerprint density at radius 1 is 1.35 bits per heavy atom. The van der Waals surface area contributed by atoms with Crippen LogP contribution >= 0.6 is 0 Å². The molecule has 20 heavy (non-hydrogen) atoms. The average molecular weight is 275 g/mol. The minimum absolute atomic E-state index is 0.584. The van der Waals surface area contributed by atoms with Gasteiger partial charge in [-0.3, -0.25) is 0 Å². The van der Waals surface area contributed by atoms with Crippen LogP contribution in [0.4, 0.5) is 0 Å². The molecule has 1 aromatic carbocycles. The van der Waals surface area contributed by atoms with Crippen molar-refractivity contribution < 1.29 is 4.74 Å². The fourth-order valence-electron chi connectivity index (χ4n) is 3.59. The van der Waals surface area contributed by atoms with Gasteiger partial charge in [0, 0.05) is 6.04 Å². The third kappa shape index (κ3) is 3.76. The lowest BCUT2D eigenvalue weighted by atomic mass is 9.90. The summed E-state index contributed by atoms with van der Waals surface area (Å²) in [6.07, 6.45) is 5.20. The van der Waals surface area contributed by atoms with E-state index in [0.717, 1.165) is 30.6 Å². The Bertz CT molecular complexity index is 429. The quantitative estimate of drug-likeness (QED) is 0.848. The number of likely N-dealkylation sites (N-methyl/N-ethyl adjacent to an activating group) is 1. The molecule has 0 saturated heterocycles. The molecule has 0 aliphatic heterocycles. The van der Waals surface area contributed by atoms with E-state index >= 15 is 0 Å². The van der Waals surface area contributed by atoms with Gasteiger partial charge in [0.15, 0.2) is 0 Å². The van der Waals surface area contributed by atoms with Crippen molar-refractivity contribution in [2.45, 2.75) is 52.5 Å². The molecule has 1 N–H and O–H groups in total. The van der Waals surface area contributed by atoms with Crippen LogP contribution in [-0.2, 0) is 6.42 Å². The summed E-state index contributed by atoms with van der Waals surface area (Å²) in [5.74, 6) is 2.74. The molecule has 1 aliphatic carbocycles. The van der Waals surface area contributed by atoms with Crippen LogP contribution in [0.15, 0.2) is 18.2 Å². The molecule has 0 bridgehead atoms. The second kappa shape index (κ2) is 7.12. The molecule has 1 saturated carbocycles. The number of ether oxygens (including phenoxy) is 1. The van der Waals surface area contributed by atoms with Gasteiger partial charge < -0.3 is 10.1 Å². The van der Waals surface area contributed by atoms with E-state index in [2.05, 4.69) is 44.3 Å². The molecular formula is C18H29NO. The lowest BCUT2D eigenvalue weighted by Gasteiger charge is -2.25. The van der Waals surface area contributed by atoms with Crippen molar-refractivity contribution in [1.29, 1.82) is 0 Å². The van der Waals surface area contributed by atoms with Crippen molar-refractivity contribution >= 4 is 0 Å². The van der Waals surface area contributed by atoms with Crippen molar-refractivity contribution in [2.75, 3.05) is 13.7 Å². The lowest BCUT2D eigenvalue weighted by molar-refractivity contribution is 0.346. The van der Waals surface area contributed by atoms with E-state index in [0.29, 0.717) is 6.04 Å². The topological polar surface area (TPSA) is 21.3 Å². The number of aryl methyl sites for hydroxylation is 1. The van der Waals surface area contributed by atoms with Crippen LogP contribution in [0.25, 0.3) is 0 Å². The van der Waals surface area contributed by atoms with Crippen LogP contribution in [0.1, 0.15) is 44.2 Å². The number of hydrogen-bond acceptors (Lipinski definition) is 2. The van der Waals surface area contributed by atoms with Crippen LogP contribution in [0, 0.1) is 18.8 Å². The molecule has 2 heteroatoms. The summed E-state index contributed by atoms with van der Waals surface area (Å²) in [6.45, 7) is 7.79. The molecule has 2 nitrogen and oxygen atoms in total. The molecule has 0 amide bonds. The lowest BCUT2D eigenvalue weighted by Crippen LogP contribution is -2.37. The fourth-order valence-corrected chi connectivity index (χ4v) is 3.59. The molecule has 1 aromatic rings. The monoisotopic (exact) mass is 275 g/mol. The Morgan fingerprint density at radius 3 is 2.75 bits per heavy atom. The second-order valence-corrected chi connectivity index (χ2v) is 6.36. The highest BCUT2D eigenvalue weighted by atomic mass is 16.5. The van der Waals surface area contributed by atoms with E-state index in [9.17, 15) is 0 Å². The minimum atomic E-state index is 0.584. The maximum absolute atomic E-state index is 5.54. The van der Waals surface area contributed by atoms with Gasteiger partial charge in [-0.25, -0.2) is 0 Å². The van der Waals surface area contributed by atoms with E-state index in [1.54, 1.807) is 7.11 Å². The normalized spacial score (nSPS) is 23.8. The van der Waals surface area contributed by atoms with Crippen molar-refractivity contribution in [1.82, 2.24) is 5.32 Å². The van der Waals surface area contributed by atoms with Gasteiger partial charge in [0.1, 0.15) is 5.75 Å². The molecule has 0 radical (unpaired) electrons. The van der Waals surface area contributed by atoms with Gasteiger partial charge in [0.25, 0.3) is 0 Å². The minimum Gasteiger partial charge on any atom is -0.496 e. The van der Waals surface area contributed by atoms with Crippen LogP contribution in [-0.4, -0.2) is 19.7 Å². The van der Waals surface area contributed by atoms with Gasteiger partial charge in [-0.1, -0.05) is 38.0 Å². The Hall–Kier alpha value is -1.02. The summed E-state index contributed by atoms with van der Waals surface area (Å²) < 4.78 is 5.54. The zero-order valence-corrected chi connectivity index (χ0v) is 13.4. The zero-order chi connectivity index (χ0) is 14.5. The van der Waals surface area contributed by atoms with Crippen LogP contribution in [0.3, 0.4) is 0 Å². The summed E-state index contributed by atoms with van der Waals surface area (Å²) in [5, 5.41) is 3.71. The third-order valence-electron chi connectivity index (χ3n) is 4.65. The first-order chi connectivity index (χ1) is 9.63. The zero-order valence-electron chi connectivity index (χ0n) is 13.4. The summed E-state index contributed by atoms with van der Waals surface area (Å²) in [6, 6.07) is 7.09. The van der Waals surface area contributed by atoms with Gasteiger partial charge in [0.2, 0.25) is 0 Å². The summed E-state index contributed by atoms with van der Waals surface area (Å²) in [5.41, 5.74) is 2.66. The van der Waals surface area contributed by atoms with Gasteiger partial charge in [-0.05, 0) is 56.2 Å². The van der Waals surface area contributed by atoms with Gasteiger partial charge >= 0.3 is 0 Å². The Labute approximate surface area is 123 Å². The predicted molar refractivity (Wildman–Crippen MR) is 85.4 cm³/mol. The van der Waals surface area contributed by atoms with Crippen molar-refractivity contribution in [3.8, 4) is 5.75 Å². The number of benzene rings is 1. The van der Waals surface area contributed by atoms with Gasteiger partial charge in [-0.2, -0.15) is 0 Å². The van der Waals surface area contributed by atoms with Crippen LogP contribution in [0.5, 0.6) is 5.75 Å². The maximum Gasteiger partial charge on any atom is 0.122 e. The first kappa shape index (κ1) is 15.4. The molecule has 0 heterocycles. The standard InChI is InChI=1S/C18H29NO/c1-5-19-17(15-8-6-13(2)10-15)12-16-11-14(3)7-9-18(16)20-4/h7,9,11,13,15,17,19H,5-6,8,10,12H2,1-4H3. The highest BCUT2D eigenvalue weighted by Gasteiger charge is 2.28. The van der Waals surface area contributed by atoms with Crippen LogP contribution in [0.2, 0.25) is 0 Å². The first-order valence-electron chi connectivity index (χ1n) is 8.01. The van der Waals surface area contributed by atoms with E-state index < -0.39 is 0 Å². The SMILES string of the molecule is CCNC(Cc1cc(C)ccc1OC)C1CCC(C)C1. The Balaban J connectivity index is 2.13. The molecule has 1 fully saturated rings. The summed E-state index contributed by atoms with van der Waals surface area (Å²) >= 11 is 0. The summed E-state index contributed by atoms with van der Waals surface area (Å²) in [4.78, 5) is 0. The third-order valence-corrected chi connectivity index (χ3v) is 4.65. The van der Waals surface area contributed by atoms with Crippen molar-refractivity contribution in [3.05, 3.63) is 29.3 Å². The van der Waals surface area contributed by atoms with E-state index in [1.807, 2.05) is 0 Å². The Kier molecular flexibility index (Phi) is 5.47. The average Bonchev–Trinajstić information content (AvgIpc) is 2.85. The number of nitrogens with one attached hydrogen (secondary N) is 1. The second-order valence-electron chi connectivity index (χ2n) is 6.36. The highest BCUT2D eigenvalue weighted by molar-refractivity contribution is 5.37. The molecular weight excluding hydrogens is 246 g/mol. The number of methoxy groups -OCH3 is 1. The van der Waals surface area contributed by atoms with E-state index in [1.165, 1.54) is 30.4 Å². The molecule has 1 aliphatic rings. The largest absolute Gasteiger partial charge is 0.496 e. The van der Waals surface area contributed by atoms with Gasteiger partial charge in [0.05, 0.1) is 7.11 Å². The molecule has 3 unspecified atom stereocenters. The Morgan fingerprint density at radius 2 is 2.15 bits per heavy atom. The van der Waals surface area contributed by atoms with Gasteiger partial charge in [-0.15, -0.1) is 0 Å². The maximum atomic E-state index is 5.54. The molecule has 3 atom stereocenters. The predicted octanol–water partition coefficient (Wildman–Crippen LogP) is 3.96. The smallest absolute Gasteiger partial charge is 0.122 e. The number of hydrogen-bond donors (Lipinski definition) is 1. The fraction of sp³-hybridized carbons (Fsp3) is 0.667. The molecule has 112 valence electrons. The summed E-state index contributed by atoms with van der Waals surface area (Å²) in [7, 11) is 1.77. The molecule has 0 spiro atoms.